The summed E-state index contributed by atoms with van der Waals surface area (Å²) in [6.45, 7) is 2.57. The van der Waals surface area contributed by atoms with Crippen LogP contribution in [-0.2, 0) is 0 Å². The maximum atomic E-state index is 14.8. The van der Waals surface area contributed by atoms with Crippen molar-refractivity contribution in [2.24, 2.45) is 0 Å². The average molecular weight is 592 g/mol. The summed E-state index contributed by atoms with van der Waals surface area (Å²) >= 11 is 0. The largest absolute Gasteiger partial charge is 0.508 e. The van der Waals surface area contributed by atoms with E-state index >= 15 is 0 Å². The van der Waals surface area contributed by atoms with Crippen LogP contribution in [0.2, 0.25) is 0 Å². The number of pyridine rings is 1. The van der Waals surface area contributed by atoms with E-state index in [9.17, 15) is 22.7 Å². The van der Waals surface area contributed by atoms with Crippen LogP contribution in [0.15, 0.2) is 36.5 Å². The zero-order valence-electron chi connectivity index (χ0n) is 23.5. The van der Waals surface area contributed by atoms with Gasteiger partial charge in [-0.3, -0.25) is 4.90 Å². The van der Waals surface area contributed by atoms with Crippen molar-refractivity contribution in [2.75, 3.05) is 31.1 Å². The Morgan fingerprint density at radius 2 is 2.02 bits per heavy atom. The van der Waals surface area contributed by atoms with Crippen molar-refractivity contribution in [1.29, 1.82) is 0 Å². The molecule has 3 saturated heterocycles. The molecule has 7 nitrogen and oxygen atoms in total. The van der Waals surface area contributed by atoms with Gasteiger partial charge in [-0.05, 0) is 56.0 Å². The van der Waals surface area contributed by atoms with E-state index in [0.29, 0.717) is 40.2 Å². The van der Waals surface area contributed by atoms with E-state index in [2.05, 4.69) is 20.8 Å². The van der Waals surface area contributed by atoms with Crippen LogP contribution >= 0.6 is 0 Å². The Kier molecular flexibility index (Phi) is 6.40. The van der Waals surface area contributed by atoms with Crippen molar-refractivity contribution in [3.63, 3.8) is 0 Å². The maximum Gasteiger partial charge on any atom is 0.316 e. The zero-order valence-corrected chi connectivity index (χ0v) is 23.5. The molecule has 3 aliphatic rings. The number of hydrogen-bond acceptors (Lipinski definition) is 7. The monoisotopic (exact) mass is 591 g/mol. The second-order valence-electron chi connectivity index (χ2n) is 12.0. The molecule has 3 atom stereocenters. The molecule has 0 bridgehead atoms. The molecule has 1 N–H and O–H groups in total. The molecule has 5 heterocycles. The van der Waals surface area contributed by atoms with Gasteiger partial charge in [-0.1, -0.05) is 12.0 Å². The highest BCUT2D eigenvalue weighted by atomic mass is 19.3. The topological polar surface area (TPSA) is 74.6 Å². The third-order valence-corrected chi connectivity index (χ3v) is 9.04. The van der Waals surface area contributed by atoms with Gasteiger partial charge in [0.2, 0.25) is 0 Å². The van der Waals surface area contributed by atoms with Crippen LogP contribution in [0, 0.1) is 18.2 Å². The van der Waals surface area contributed by atoms with Crippen LogP contribution in [0.5, 0.6) is 11.8 Å². The molecule has 0 aliphatic carbocycles. The summed E-state index contributed by atoms with van der Waals surface area (Å²) in [7, 11) is 0. The summed E-state index contributed by atoms with van der Waals surface area (Å²) in [5.41, 5.74) is 0.531. The Bertz CT molecular complexity index is 1810. The highest BCUT2D eigenvalue weighted by Gasteiger charge is 2.49. The molecule has 2 aromatic heterocycles. The van der Waals surface area contributed by atoms with Crippen LogP contribution in [0.4, 0.5) is 23.4 Å². The standard InChI is InChI=1S/C32H29F4N5O2/c1-3-22-25(34)6-5-19-9-21(42)10-23(28(19)22)26-11-27-24(29(38-26)41-16-32(35,36)12-18(41)2)14-37-30(39-27)43-17-31-7-4-8-40(31)15-20(33)13-31/h1,5-6,9-11,14,18,20,42H,4,7-8,12-13,15-17H2,2H3/t18-,20-,31+/m1/s1. The highest BCUT2D eigenvalue weighted by Crippen LogP contribution is 2.42. The third kappa shape index (κ3) is 4.68. The van der Waals surface area contributed by atoms with Gasteiger partial charge in [0, 0.05) is 42.6 Å². The van der Waals surface area contributed by atoms with E-state index in [0.717, 1.165) is 19.4 Å². The van der Waals surface area contributed by atoms with Gasteiger partial charge in [0.25, 0.3) is 5.92 Å². The molecule has 11 heteroatoms. The first-order chi connectivity index (χ1) is 20.6. The first-order valence-corrected chi connectivity index (χ1v) is 14.3. The Balaban J connectivity index is 1.37. The third-order valence-electron chi connectivity index (χ3n) is 9.04. The van der Waals surface area contributed by atoms with Crippen molar-refractivity contribution in [2.45, 2.75) is 56.3 Å². The lowest BCUT2D eigenvalue weighted by atomic mass is 9.95. The number of phenols is 1. The molecule has 4 aromatic rings. The fraction of sp³-hybridized carbons (Fsp3) is 0.406. The molecule has 0 amide bonds. The van der Waals surface area contributed by atoms with Crippen molar-refractivity contribution < 1.29 is 27.4 Å². The summed E-state index contributed by atoms with van der Waals surface area (Å²) in [4.78, 5) is 17.4. The van der Waals surface area contributed by atoms with Gasteiger partial charge >= 0.3 is 6.01 Å². The molecule has 0 radical (unpaired) electrons. The second-order valence-corrected chi connectivity index (χ2v) is 12.0. The molecule has 0 spiro atoms. The number of halogens is 4. The smallest absolute Gasteiger partial charge is 0.316 e. The average Bonchev–Trinajstić information content (AvgIpc) is 3.58. The van der Waals surface area contributed by atoms with Crippen LogP contribution in [0.3, 0.4) is 0 Å². The fourth-order valence-corrected chi connectivity index (χ4v) is 7.13. The molecule has 3 fully saturated rings. The Labute approximate surface area is 245 Å². The number of rotatable bonds is 5. The number of aromatic nitrogens is 3. The number of nitrogens with zero attached hydrogens (tertiary/aromatic N) is 5. The number of hydrogen-bond donors (Lipinski definition) is 1. The minimum absolute atomic E-state index is 0.00756. The number of alkyl halides is 3. The summed E-state index contributed by atoms with van der Waals surface area (Å²) in [6.07, 6.45) is 8.10. The second kappa shape index (κ2) is 9.95. The lowest BCUT2D eigenvalue weighted by Crippen LogP contribution is -2.43. The molecular formula is C32H29F4N5O2. The summed E-state index contributed by atoms with van der Waals surface area (Å²) in [6, 6.07) is 6.77. The Hall–Kier alpha value is -4.17. The number of aromatic hydroxyl groups is 1. The van der Waals surface area contributed by atoms with Crippen molar-refractivity contribution in [1.82, 2.24) is 19.9 Å². The summed E-state index contributed by atoms with van der Waals surface area (Å²) in [5.74, 6) is -1.01. The van der Waals surface area contributed by atoms with Crippen molar-refractivity contribution in [3.8, 4) is 35.4 Å². The molecule has 0 saturated carbocycles. The molecule has 222 valence electrons. The molecule has 2 aromatic carbocycles. The minimum Gasteiger partial charge on any atom is -0.508 e. The first kappa shape index (κ1) is 27.7. The number of anilines is 1. The zero-order chi connectivity index (χ0) is 30.1. The van der Waals surface area contributed by atoms with Gasteiger partial charge in [0.15, 0.2) is 0 Å². The van der Waals surface area contributed by atoms with Crippen LogP contribution < -0.4 is 9.64 Å². The highest BCUT2D eigenvalue weighted by molar-refractivity contribution is 6.03. The normalized spacial score (nSPS) is 25.0. The van der Waals surface area contributed by atoms with E-state index < -0.39 is 36.0 Å². The molecule has 43 heavy (non-hydrogen) atoms. The van der Waals surface area contributed by atoms with Crippen LogP contribution in [0.25, 0.3) is 32.9 Å². The van der Waals surface area contributed by atoms with Gasteiger partial charge < -0.3 is 14.7 Å². The quantitative estimate of drug-likeness (QED) is 0.230. The minimum atomic E-state index is -2.92. The van der Waals surface area contributed by atoms with Gasteiger partial charge in [-0.25, -0.2) is 27.5 Å². The van der Waals surface area contributed by atoms with E-state index in [4.69, 9.17) is 16.1 Å². The number of phenolic OH excluding ortho intramolecular Hbond substituents is 1. The van der Waals surface area contributed by atoms with Crippen LogP contribution in [-0.4, -0.2) is 74.9 Å². The molecule has 0 unspecified atom stereocenters. The first-order valence-electron chi connectivity index (χ1n) is 14.3. The van der Waals surface area contributed by atoms with E-state index in [1.165, 1.54) is 35.4 Å². The summed E-state index contributed by atoms with van der Waals surface area (Å²) < 4.78 is 64.3. The lowest BCUT2D eigenvalue weighted by Gasteiger charge is -2.30. The fourth-order valence-electron chi connectivity index (χ4n) is 7.13. The number of fused-ring (bicyclic) bond motifs is 3. The maximum absolute atomic E-state index is 14.8. The van der Waals surface area contributed by atoms with E-state index in [1.54, 1.807) is 13.0 Å². The molecule has 3 aliphatic heterocycles. The predicted octanol–water partition coefficient (Wildman–Crippen LogP) is 5.86. The summed E-state index contributed by atoms with van der Waals surface area (Å²) in [5, 5.41) is 11.8. The number of terminal acetylenes is 1. The number of ether oxygens (including phenoxy) is 1. The van der Waals surface area contributed by atoms with Crippen molar-refractivity contribution >= 4 is 27.5 Å². The predicted molar refractivity (Wildman–Crippen MR) is 155 cm³/mol. The van der Waals surface area contributed by atoms with Gasteiger partial charge in [-0.15, -0.1) is 6.42 Å². The number of benzene rings is 2. The van der Waals surface area contributed by atoms with E-state index in [1.807, 2.05) is 0 Å². The molecule has 7 rings (SSSR count). The van der Waals surface area contributed by atoms with Gasteiger partial charge in [0.05, 0.1) is 34.2 Å². The Morgan fingerprint density at radius 1 is 1.19 bits per heavy atom. The van der Waals surface area contributed by atoms with Crippen LogP contribution in [0.1, 0.15) is 38.2 Å². The molecular weight excluding hydrogens is 562 g/mol. The van der Waals surface area contributed by atoms with Gasteiger partial charge in [-0.2, -0.15) is 4.98 Å². The van der Waals surface area contributed by atoms with Crippen molar-refractivity contribution in [3.05, 3.63) is 47.9 Å². The Morgan fingerprint density at radius 3 is 2.79 bits per heavy atom. The lowest BCUT2D eigenvalue weighted by molar-refractivity contribution is 0.0229. The van der Waals surface area contributed by atoms with Gasteiger partial charge in [0.1, 0.15) is 30.2 Å². The van der Waals surface area contributed by atoms with E-state index in [-0.39, 0.29) is 41.9 Å². The SMILES string of the molecule is C#Cc1c(F)ccc2cc(O)cc(-c3cc4nc(OC[C@@]56CCCN5C[C@H](F)C6)ncc4c(N4CC(F)(F)C[C@H]4C)n3)c12.